The van der Waals surface area contributed by atoms with Crippen LogP contribution in [0.15, 0.2) is 35.5 Å². The Morgan fingerprint density at radius 2 is 1.96 bits per heavy atom. The molecule has 0 amide bonds. The molecule has 0 radical (unpaired) electrons. The van der Waals surface area contributed by atoms with Crippen LogP contribution in [0.2, 0.25) is 14.4 Å². The fraction of sp³-hybridized carbons (Fsp3) is 0.278. The maximum atomic E-state index is 12.4. The number of thiophene rings is 1. The van der Waals surface area contributed by atoms with Crippen LogP contribution < -0.4 is 0 Å². The molecule has 9 heteroatoms. The van der Waals surface area contributed by atoms with E-state index >= 15 is 0 Å². The van der Waals surface area contributed by atoms with Gasteiger partial charge in [-0.05, 0) is 36.2 Å². The van der Waals surface area contributed by atoms with Crippen molar-refractivity contribution in [2.75, 3.05) is 5.75 Å². The molecule has 0 saturated carbocycles. The zero-order valence-corrected chi connectivity index (χ0v) is 18.5. The Balaban J connectivity index is 1.87. The van der Waals surface area contributed by atoms with Crippen LogP contribution >= 0.6 is 57.9 Å². The van der Waals surface area contributed by atoms with Gasteiger partial charge in [0.25, 0.3) is 0 Å². The number of rotatable bonds is 7. The first-order valence-electron chi connectivity index (χ1n) is 8.15. The fourth-order valence-electron chi connectivity index (χ4n) is 2.46. The summed E-state index contributed by atoms with van der Waals surface area (Å²) in [6, 6.07) is 8.76. The summed E-state index contributed by atoms with van der Waals surface area (Å²) in [5.74, 6) is 1.32. The van der Waals surface area contributed by atoms with E-state index in [-0.39, 0.29) is 11.5 Å². The van der Waals surface area contributed by atoms with E-state index in [0.717, 1.165) is 5.56 Å². The number of halogens is 3. The van der Waals surface area contributed by atoms with Gasteiger partial charge in [0, 0.05) is 17.1 Å². The summed E-state index contributed by atoms with van der Waals surface area (Å²) in [4.78, 5) is 13.0. The van der Waals surface area contributed by atoms with E-state index in [4.69, 9.17) is 34.8 Å². The first kappa shape index (κ1) is 20.7. The highest BCUT2D eigenvalue weighted by Crippen LogP contribution is 2.32. The molecule has 0 saturated heterocycles. The molecule has 3 aromatic rings. The molecule has 0 aliphatic rings. The lowest BCUT2D eigenvalue weighted by atomic mass is 10.2. The summed E-state index contributed by atoms with van der Waals surface area (Å²) in [5, 5.41) is 10.4. The minimum Gasteiger partial charge on any atom is -0.302 e. The molecule has 0 unspecified atom stereocenters. The van der Waals surface area contributed by atoms with Gasteiger partial charge in [-0.1, -0.05) is 60.4 Å². The van der Waals surface area contributed by atoms with Crippen LogP contribution in [0.1, 0.15) is 23.5 Å². The quantitative estimate of drug-likeness (QED) is 0.294. The van der Waals surface area contributed by atoms with Crippen LogP contribution in [0.4, 0.5) is 0 Å². The SMILES string of the molecule is CC(C)Cn1c(SCC(=O)c2ccc(Cl)s2)nnc1-c1ccc(Cl)cc1Cl. The molecule has 3 rings (SSSR count). The highest BCUT2D eigenvalue weighted by Gasteiger charge is 2.19. The average Bonchev–Trinajstić information content (AvgIpc) is 3.19. The minimum atomic E-state index is 0.0158. The molecule has 2 aromatic heterocycles. The molecule has 0 aliphatic heterocycles. The second-order valence-electron chi connectivity index (χ2n) is 6.25. The Morgan fingerprint density at radius 1 is 1.19 bits per heavy atom. The standard InChI is InChI=1S/C18H16Cl3N3OS2/c1-10(2)8-24-17(12-4-3-11(19)7-13(12)20)22-23-18(24)26-9-14(25)15-5-6-16(21)27-15/h3-7,10H,8-9H2,1-2H3. The van der Waals surface area contributed by atoms with Gasteiger partial charge in [-0.2, -0.15) is 0 Å². The van der Waals surface area contributed by atoms with Gasteiger partial charge >= 0.3 is 0 Å². The molecule has 142 valence electrons. The number of hydrogen-bond donors (Lipinski definition) is 0. The first-order chi connectivity index (χ1) is 12.8. The smallest absolute Gasteiger partial charge is 0.191 e. The Kier molecular flexibility index (Phi) is 6.87. The highest BCUT2D eigenvalue weighted by molar-refractivity contribution is 7.99. The largest absolute Gasteiger partial charge is 0.302 e. The monoisotopic (exact) mass is 459 g/mol. The number of Topliss-reactive ketones (excluding diaryl/α,β-unsaturated/α-hetero) is 1. The van der Waals surface area contributed by atoms with Gasteiger partial charge in [0.05, 0.1) is 20.0 Å². The second kappa shape index (κ2) is 8.97. The van der Waals surface area contributed by atoms with Gasteiger partial charge in [0.15, 0.2) is 16.8 Å². The van der Waals surface area contributed by atoms with E-state index in [9.17, 15) is 4.79 Å². The van der Waals surface area contributed by atoms with Gasteiger partial charge < -0.3 is 4.57 Å². The number of carbonyl (C=O) groups is 1. The van der Waals surface area contributed by atoms with Crippen molar-refractivity contribution in [1.82, 2.24) is 14.8 Å². The Bertz CT molecular complexity index is 969. The molecule has 27 heavy (non-hydrogen) atoms. The van der Waals surface area contributed by atoms with E-state index in [0.29, 0.717) is 42.7 Å². The molecule has 0 bridgehead atoms. The van der Waals surface area contributed by atoms with E-state index < -0.39 is 0 Å². The lowest BCUT2D eigenvalue weighted by Gasteiger charge is -2.13. The number of hydrogen-bond acceptors (Lipinski definition) is 5. The number of benzene rings is 1. The Morgan fingerprint density at radius 3 is 2.59 bits per heavy atom. The van der Waals surface area contributed by atoms with E-state index in [1.54, 1.807) is 24.3 Å². The molecule has 0 aliphatic carbocycles. The molecule has 0 N–H and O–H groups in total. The van der Waals surface area contributed by atoms with E-state index in [2.05, 4.69) is 24.0 Å². The number of aromatic nitrogens is 3. The second-order valence-corrected chi connectivity index (χ2v) is 9.75. The lowest BCUT2D eigenvalue weighted by Crippen LogP contribution is -2.09. The van der Waals surface area contributed by atoms with E-state index in [1.165, 1.54) is 23.1 Å². The zero-order chi connectivity index (χ0) is 19.6. The maximum absolute atomic E-state index is 12.4. The van der Waals surface area contributed by atoms with Crippen LogP contribution in [0.5, 0.6) is 0 Å². The van der Waals surface area contributed by atoms with Crippen molar-refractivity contribution in [3.8, 4) is 11.4 Å². The average molecular weight is 461 g/mol. The Labute approximate surface area is 180 Å². The summed E-state index contributed by atoms with van der Waals surface area (Å²) in [5.41, 5.74) is 0.762. The topological polar surface area (TPSA) is 47.8 Å². The molecule has 1 aromatic carbocycles. The van der Waals surface area contributed by atoms with Crippen molar-refractivity contribution < 1.29 is 4.79 Å². The predicted octanol–water partition coefficient (Wildman–Crippen LogP) is 6.60. The van der Waals surface area contributed by atoms with Crippen LogP contribution in [0.3, 0.4) is 0 Å². The summed E-state index contributed by atoms with van der Waals surface area (Å²) < 4.78 is 2.60. The summed E-state index contributed by atoms with van der Waals surface area (Å²) in [7, 11) is 0. The van der Waals surface area contributed by atoms with E-state index in [1.807, 2.05) is 10.6 Å². The number of thioether (sulfide) groups is 1. The van der Waals surface area contributed by atoms with Gasteiger partial charge in [0.2, 0.25) is 0 Å². The molecular weight excluding hydrogens is 445 g/mol. The van der Waals surface area contributed by atoms with Gasteiger partial charge in [-0.25, -0.2) is 0 Å². The number of nitrogens with zero attached hydrogens (tertiary/aromatic N) is 3. The molecule has 0 fully saturated rings. The van der Waals surface area contributed by atoms with Crippen molar-refractivity contribution >= 4 is 63.7 Å². The van der Waals surface area contributed by atoms with Crippen molar-refractivity contribution in [3.05, 3.63) is 49.6 Å². The van der Waals surface area contributed by atoms with Gasteiger partial charge in [-0.3, -0.25) is 4.79 Å². The normalized spacial score (nSPS) is 11.3. The van der Waals surface area contributed by atoms with Gasteiger partial charge in [-0.15, -0.1) is 21.5 Å². The summed E-state index contributed by atoms with van der Waals surface area (Å²) in [6.45, 7) is 4.93. The van der Waals surface area contributed by atoms with Crippen LogP contribution in [0, 0.1) is 5.92 Å². The lowest BCUT2D eigenvalue weighted by molar-refractivity contribution is 0.102. The van der Waals surface area contributed by atoms with Crippen molar-refractivity contribution in [3.63, 3.8) is 0 Å². The third-order valence-corrected chi connectivity index (χ3v) is 6.40. The highest BCUT2D eigenvalue weighted by atomic mass is 35.5. The van der Waals surface area contributed by atoms with Crippen LogP contribution in [0.25, 0.3) is 11.4 Å². The summed E-state index contributed by atoms with van der Waals surface area (Å²) >= 11 is 20.9. The molecule has 4 nitrogen and oxygen atoms in total. The van der Waals surface area contributed by atoms with Crippen molar-refractivity contribution in [1.29, 1.82) is 0 Å². The summed E-state index contributed by atoms with van der Waals surface area (Å²) in [6.07, 6.45) is 0. The molecule has 0 spiro atoms. The Hall–Kier alpha value is -1.05. The number of ketones is 1. The van der Waals surface area contributed by atoms with Crippen LogP contribution in [-0.2, 0) is 6.54 Å². The zero-order valence-electron chi connectivity index (χ0n) is 14.6. The number of carbonyl (C=O) groups excluding carboxylic acids is 1. The molecule has 0 atom stereocenters. The maximum Gasteiger partial charge on any atom is 0.191 e. The van der Waals surface area contributed by atoms with Crippen molar-refractivity contribution in [2.45, 2.75) is 25.5 Å². The molecular formula is C18H16Cl3N3OS2. The predicted molar refractivity (Wildman–Crippen MR) is 115 cm³/mol. The third kappa shape index (κ3) is 5.06. The fourth-order valence-corrected chi connectivity index (χ4v) is 4.86. The van der Waals surface area contributed by atoms with Crippen molar-refractivity contribution in [2.24, 2.45) is 5.92 Å². The third-order valence-electron chi connectivity index (χ3n) is 3.62. The first-order valence-corrected chi connectivity index (χ1v) is 11.1. The van der Waals surface area contributed by atoms with Gasteiger partial charge in [0.1, 0.15) is 0 Å². The molecule has 2 heterocycles. The minimum absolute atomic E-state index is 0.0158. The van der Waals surface area contributed by atoms with Crippen LogP contribution in [-0.4, -0.2) is 26.3 Å².